The van der Waals surface area contributed by atoms with Crippen molar-refractivity contribution in [2.75, 3.05) is 0 Å². The zero-order chi connectivity index (χ0) is 20.7. The van der Waals surface area contributed by atoms with Gasteiger partial charge in [0.25, 0.3) is 0 Å². The fourth-order valence-electron chi connectivity index (χ4n) is 2.31. The molecule has 3 rings (SSSR count). The molecule has 0 heterocycles. The largest absolute Gasteiger partial charge is 0.647 e. The molecule has 29 heavy (non-hydrogen) atoms. The number of phosphoric acid groups is 1. The first kappa shape index (κ1) is 19.5. The van der Waals surface area contributed by atoms with E-state index in [0.29, 0.717) is 16.7 Å². The van der Waals surface area contributed by atoms with Gasteiger partial charge in [0.05, 0.1) is 34.9 Å². The van der Waals surface area contributed by atoms with Crippen LogP contribution in [0.15, 0.2) is 72.8 Å². The number of hydrogen-bond acceptors (Lipinski definition) is 7. The topological polar surface area (TPSA) is 116 Å². The summed E-state index contributed by atoms with van der Waals surface area (Å²) >= 11 is 0. The molecule has 0 N–H and O–H groups in total. The summed E-state index contributed by atoms with van der Waals surface area (Å²) in [4.78, 5) is 0. The molecule has 7 nitrogen and oxygen atoms in total. The zero-order valence-corrected chi connectivity index (χ0v) is 15.7. The monoisotopic (exact) mass is 401 g/mol. The van der Waals surface area contributed by atoms with Crippen LogP contribution in [0.2, 0.25) is 0 Å². The van der Waals surface area contributed by atoms with Crippen LogP contribution in [-0.4, -0.2) is 0 Å². The van der Waals surface area contributed by atoms with Crippen LogP contribution in [-0.2, 0) is 4.57 Å². The maximum Gasteiger partial charge on any atom is 0.647 e. The van der Waals surface area contributed by atoms with Crippen LogP contribution < -0.4 is 13.6 Å². The Labute approximate surface area is 167 Å². The first-order chi connectivity index (χ1) is 14.0. The predicted molar refractivity (Wildman–Crippen MR) is 103 cm³/mol. The molecular formula is C21H12N3O4P. The highest BCUT2D eigenvalue weighted by Crippen LogP contribution is 2.50. The first-order valence-corrected chi connectivity index (χ1v) is 9.69. The third-order valence-corrected chi connectivity index (χ3v) is 4.84. The molecule has 8 heteroatoms. The normalized spacial score (nSPS) is 10.1. The Bertz CT molecular complexity index is 1070. The minimum atomic E-state index is -4.30. The van der Waals surface area contributed by atoms with Crippen LogP contribution >= 0.6 is 7.82 Å². The van der Waals surface area contributed by atoms with Crippen LogP contribution in [0.1, 0.15) is 16.7 Å². The van der Waals surface area contributed by atoms with E-state index in [2.05, 4.69) is 0 Å². The standard InChI is InChI=1S/C21H12N3O4P/c22-13-16-4-1-7-19(10-16)26-29(25,27-20-8-2-5-17(11-20)14-23)28-21-9-3-6-18(12-21)15-24/h1-12H. The lowest BCUT2D eigenvalue weighted by molar-refractivity contribution is 0.298. The molecule has 3 aromatic carbocycles. The highest BCUT2D eigenvalue weighted by molar-refractivity contribution is 7.49. The Hall–Kier alpha value is -4.24. The zero-order valence-electron chi connectivity index (χ0n) is 14.9. The number of phosphoric ester groups is 1. The molecule has 0 saturated heterocycles. The van der Waals surface area contributed by atoms with Gasteiger partial charge in [0, 0.05) is 0 Å². The van der Waals surface area contributed by atoms with Crippen LogP contribution in [0.3, 0.4) is 0 Å². The first-order valence-electron chi connectivity index (χ1n) is 8.23. The minimum absolute atomic E-state index is 0.0975. The van der Waals surface area contributed by atoms with E-state index in [9.17, 15) is 4.57 Å². The number of benzene rings is 3. The summed E-state index contributed by atoms with van der Waals surface area (Å²) in [6, 6.07) is 23.9. The van der Waals surface area contributed by atoms with Crippen molar-refractivity contribution in [3.8, 4) is 35.5 Å². The predicted octanol–water partition coefficient (Wildman–Crippen LogP) is 4.95. The van der Waals surface area contributed by atoms with Gasteiger partial charge in [-0.25, -0.2) is 0 Å². The molecule has 0 bridgehead atoms. The van der Waals surface area contributed by atoms with E-state index in [1.54, 1.807) is 36.4 Å². The summed E-state index contributed by atoms with van der Waals surface area (Å²) in [5.41, 5.74) is 0.894. The molecule has 0 unspecified atom stereocenters. The molecule has 3 aromatic rings. The van der Waals surface area contributed by atoms with E-state index in [1.165, 1.54) is 36.4 Å². The number of hydrogen-bond donors (Lipinski definition) is 0. The van der Waals surface area contributed by atoms with Gasteiger partial charge in [0.15, 0.2) is 0 Å². The summed E-state index contributed by atoms with van der Waals surface area (Å²) in [5, 5.41) is 27.1. The second-order valence-corrected chi connectivity index (χ2v) is 7.08. The third-order valence-electron chi connectivity index (χ3n) is 3.54. The van der Waals surface area contributed by atoms with E-state index in [4.69, 9.17) is 29.4 Å². The van der Waals surface area contributed by atoms with Gasteiger partial charge in [-0.2, -0.15) is 20.4 Å². The Morgan fingerprint density at radius 2 is 0.897 bits per heavy atom. The third kappa shape index (κ3) is 5.15. The maximum absolute atomic E-state index is 13.4. The van der Waals surface area contributed by atoms with Crippen molar-refractivity contribution in [2.45, 2.75) is 0 Å². The minimum Gasteiger partial charge on any atom is -0.386 e. The van der Waals surface area contributed by atoms with Gasteiger partial charge < -0.3 is 13.6 Å². The van der Waals surface area contributed by atoms with Gasteiger partial charge in [-0.05, 0) is 54.6 Å². The number of rotatable bonds is 6. The average molecular weight is 401 g/mol. The summed E-state index contributed by atoms with van der Waals surface area (Å²) < 4.78 is 29.9. The van der Waals surface area contributed by atoms with Crippen molar-refractivity contribution in [3.63, 3.8) is 0 Å². The van der Waals surface area contributed by atoms with Crippen LogP contribution in [0.5, 0.6) is 17.2 Å². The molecule has 0 radical (unpaired) electrons. The van der Waals surface area contributed by atoms with E-state index in [-0.39, 0.29) is 17.2 Å². The SMILES string of the molecule is N#Cc1cccc(OP(=O)(Oc2cccc(C#N)c2)Oc2cccc(C#N)c2)c1. The molecule has 0 aliphatic carbocycles. The quantitative estimate of drug-likeness (QED) is 0.537. The van der Waals surface area contributed by atoms with E-state index < -0.39 is 7.82 Å². The van der Waals surface area contributed by atoms with Crippen molar-refractivity contribution >= 4 is 7.82 Å². The van der Waals surface area contributed by atoms with Gasteiger partial charge in [0.1, 0.15) is 17.2 Å². The fourth-order valence-corrected chi connectivity index (χ4v) is 3.54. The van der Waals surface area contributed by atoms with Crippen molar-refractivity contribution in [1.29, 1.82) is 15.8 Å². The Morgan fingerprint density at radius 3 is 1.17 bits per heavy atom. The summed E-state index contributed by atoms with van der Waals surface area (Å²) in [6.07, 6.45) is 0. The fraction of sp³-hybridized carbons (Fsp3) is 0. The average Bonchev–Trinajstić information content (AvgIpc) is 2.73. The lowest BCUT2D eigenvalue weighted by atomic mass is 10.2. The lowest BCUT2D eigenvalue weighted by Crippen LogP contribution is -2.08. The molecular weight excluding hydrogens is 389 g/mol. The molecule has 0 aliphatic rings. The molecule has 0 amide bonds. The smallest absolute Gasteiger partial charge is 0.386 e. The Morgan fingerprint density at radius 1 is 0.586 bits per heavy atom. The molecule has 0 aliphatic heterocycles. The molecule has 0 fully saturated rings. The highest BCUT2D eigenvalue weighted by atomic mass is 31.2. The maximum atomic E-state index is 13.4. The van der Waals surface area contributed by atoms with Gasteiger partial charge in [0.2, 0.25) is 0 Å². The van der Waals surface area contributed by atoms with Crippen LogP contribution in [0.4, 0.5) is 0 Å². The van der Waals surface area contributed by atoms with Crippen molar-refractivity contribution in [1.82, 2.24) is 0 Å². The van der Waals surface area contributed by atoms with Crippen molar-refractivity contribution < 1.29 is 18.1 Å². The van der Waals surface area contributed by atoms with Crippen LogP contribution in [0.25, 0.3) is 0 Å². The number of nitriles is 3. The molecule has 0 atom stereocenters. The second-order valence-electron chi connectivity index (χ2n) is 5.64. The van der Waals surface area contributed by atoms with Crippen molar-refractivity contribution in [2.24, 2.45) is 0 Å². The molecule has 0 aromatic heterocycles. The second kappa shape index (κ2) is 8.63. The summed E-state index contributed by atoms with van der Waals surface area (Å²) in [5.74, 6) is 0.292. The summed E-state index contributed by atoms with van der Waals surface area (Å²) in [6.45, 7) is 0. The van der Waals surface area contributed by atoms with Gasteiger partial charge >= 0.3 is 7.82 Å². The van der Waals surface area contributed by atoms with Gasteiger partial charge in [-0.1, -0.05) is 18.2 Å². The van der Waals surface area contributed by atoms with E-state index >= 15 is 0 Å². The Balaban J connectivity index is 1.97. The highest BCUT2D eigenvalue weighted by Gasteiger charge is 2.33. The van der Waals surface area contributed by atoms with E-state index in [1.807, 2.05) is 18.2 Å². The van der Waals surface area contributed by atoms with Crippen LogP contribution in [0, 0.1) is 34.0 Å². The summed E-state index contributed by atoms with van der Waals surface area (Å²) in [7, 11) is -4.30. The molecule has 140 valence electrons. The van der Waals surface area contributed by atoms with E-state index in [0.717, 1.165) is 0 Å². The Kier molecular flexibility index (Phi) is 5.81. The number of nitrogens with zero attached hydrogens (tertiary/aromatic N) is 3. The molecule has 0 spiro atoms. The van der Waals surface area contributed by atoms with Gasteiger partial charge in [-0.3, -0.25) is 0 Å². The lowest BCUT2D eigenvalue weighted by Gasteiger charge is -2.19. The van der Waals surface area contributed by atoms with Crippen molar-refractivity contribution in [3.05, 3.63) is 89.5 Å². The molecule has 0 saturated carbocycles. The van der Waals surface area contributed by atoms with Gasteiger partial charge in [-0.15, -0.1) is 0 Å².